The first kappa shape index (κ1) is 13.1. The van der Waals surface area contributed by atoms with Gasteiger partial charge in [0.25, 0.3) is 0 Å². The maximum atomic E-state index is 10.7. The highest BCUT2D eigenvalue weighted by Gasteiger charge is 2.21. The molecule has 1 saturated heterocycles. The van der Waals surface area contributed by atoms with Gasteiger partial charge in [-0.2, -0.15) is 0 Å². The van der Waals surface area contributed by atoms with Crippen molar-refractivity contribution in [3.63, 3.8) is 0 Å². The van der Waals surface area contributed by atoms with E-state index in [2.05, 4.69) is 4.90 Å². The normalized spacial score (nSPS) is 21.1. The van der Waals surface area contributed by atoms with Gasteiger partial charge in [0.05, 0.1) is 13.2 Å². The molecule has 0 aromatic carbocycles. The fourth-order valence-electron chi connectivity index (χ4n) is 2.46. The second-order valence-corrected chi connectivity index (χ2v) is 4.77. The first-order valence-electron chi connectivity index (χ1n) is 6.22. The average Bonchev–Trinajstić information content (AvgIpc) is 2.78. The highest BCUT2D eigenvalue weighted by atomic mass is 16.5. The Kier molecular flexibility index (Phi) is 4.38. The summed E-state index contributed by atoms with van der Waals surface area (Å²) in [5, 5.41) is 8.79. The van der Waals surface area contributed by atoms with Gasteiger partial charge >= 0.3 is 5.97 Å². The minimum absolute atomic E-state index is 0.00968. The van der Waals surface area contributed by atoms with Gasteiger partial charge < -0.3 is 14.3 Å². The number of nitrogens with zero attached hydrogens (tertiary/aromatic N) is 1. The van der Waals surface area contributed by atoms with Gasteiger partial charge in [-0.25, -0.2) is 4.79 Å². The molecule has 18 heavy (non-hydrogen) atoms. The first-order chi connectivity index (χ1) is 8.69. The topological polar surface area (TPSA) is 62.9 Å². The molecule has 1 aliphatic rings. The van der Waals surface area contributed by atoms with E-state index in [-0.39, 0.29) is 5.76 Å². The number of rotatable bonds is 5. The van der Waals surface area contributed by atoms with Gasteiger partial charge in [0.15, 0.2) is 0 Å². The minimum atomic E-state index is -1.02. The average molecular weight is 253 g/mol. The van der Waals surface area contributed by atoms with Gasteiger partial charge in [-0.1, -0.05) is 0 Å². The van der Waals surface area contributed by atoms with Gasteiger partial charge in [-0.3, -0.25) is 4.90 Å². The number of likely N-dealkylation sites (tertiary alicyclic amines) is 1. The van der Waals surface area contributed by atoms with Crippen molar-refractivity contribution in [2.75, 3.05) is 26.8 Å². The van der Waals surface area contributed by atoms with Gasteiger partial charge in [-0.15, -0.1) is 0 Å². The number of carboxylic acids is 1. The van der Waals surface area contributed by atoms with Crippen LogP contribution in [0.1, 0.15) is 29.2 Å². The van der Waals surface area contributed by atoms with Crippen LogP contribution in [0.5, 0.6) is 0 Å². The molecule has 5 nitrogen and oxygen atoms in total. The SMILES string of the molecule is COCC1CCCN(Cc2ccc(C(=O)O)o2)C1. The van der Waals surface area contributed by atoms with Crippen LogP contribution in [0.4, 0.5) is 0 Å². The van der Waals surface area contributed by atoms with Gasteiger partial charge in [0, 0.05) is 13.7 Å². The van der Waals surface area contributed by atoms with Crippen LogP contribution in [0.15, 0.2) is 16.5 Å². The van der Waals surface area contributed by atoms with E-state index in [0.29, 0.717) is 18.2 Å². The molecule has 0 radical (unpaired) electrons. The second kappa shape index (κ2) is 6.02. The van der Waals surface area contributed by atoms with Crippen LogP contribution in [0.25, 0.3) is 0 Å². The van der Waals surface area contributed by atoms with E-state index in [1.807, 2.05) is 0 Å². The Morgan fingerprint density at radius 1 is 1.61 bits per heavy atom. The van der Waals surface area contributed by atoms with E-state index in [1.54, 1.807) is 13.2 Å². The lowest BCUT2D eigenvalue weighted by atomic mass is 9.99. The number of furan rings is 1. The fourth-order valence-corrected chi connectivity index (χ4v) is 2.46. The molecule has 1 fully saturated rings. The lowest BCUT2D eigenvalue weighted by Crippen LogP contribution is -2.36. The summed E-state index contributed by atoms with van der Waals surface area (Å²) < 4.78 is 10.5. The molecule has 1 aromatic heterocycles. The Labute approximate surface area is 106 Å². The summed E-state index contributed by atoms with van der Waals surface area (Å²) in [6, 6.07) is 3.25. The summed E-state index contributed by atoms with van der Waals surface area (Å²) in [4.78, 5) is 13.0. The molecular weight excluding hydrogens is 234 g/mol. The smallest absolute Gasteiger partial charge is 0.371 e. The lowest BCUT2D eigenvalue weighted by molar-refractivity contribution is 0.0651. The Balaban J connectivity index is 1.89. The van der Waals surface area contributed by atoms with Crippen molar-refractivity contribution in [2.45, 2.75) is 19.4 Å². The molecule has 1 unspecified atom stereocenters. The molecular formula is C13H19NO4. The molecule has 2 heterocycles. The Morgan fingerprint density at radius 3 is 3.11 bits per heavy atom. The molecule has 100 valence electrons. The number of carbonyl (C=O) groups is 1. The van der Waals surface area contributed by atoms with E-state index in [1.165, 1.54) is 12.5 Å². The second-order valence-electron chi connectivity index (χ2n) is 4.77. The molecule has 0 aliphatic carbocycles. The molecule has 0 saturated carbocycles. The zero-order valence-electron chi connectivity index (χ0n) is 10.6. The summed E-state index contributed by atoms with van der Waals surface area (Å²) in [7, 11) is 1.73. The molecule has 5 heteroatoms. The Morgan fingerprint density at radius 2 is 2.44 bits per heavy atom. The summed E-state index contributed by atoms with van der Waals surface area (Å²) in [5.74, 6) is 0.274. The highest BCUT2D eigenvalue weighted by Crippen LogP contribution is 2.19. The molecule has 0 spiro atoms. The van der Waals surface area contributed by atoms with Crippen molar-refractivity contribution in [3.8, 4) is 0 Å². The molecule has 1 aliphatic heterocycles. The fraction of sp³-hybridized carbons (Fsp3) is 0.615. The maximum absolute atomic E-state index is 10.7. The minimum Gasteiger partial charge on any atom is -0.475 e. The van der Waals surface area contributed by atoms with E-state index < -0.39 is 5.97 Å². The van der Waals surface area contributed by atoms with Crippen molar-refractivity contribution < 1.29 is 19.1 Å². The largest absolute Gasteiger partial charge is 0.475 e. The monoisotopic (exact) mass is 253 g/mol. The summed E-state index contributed by atoms with van der Waals surface area (Å²) in [5.41, 5.74) is 0. The van der Waals surface area contributed by atoms with E-state index in [0.717, 1.165) is 26.1 Å². The van der Waals surface area contributed by atoms with E-state index >= 15 is 0 Å². The standard InChI is InChI=1S/C13H19NO4/c1-17-9-10-3-2-6-14(7-10)8-11-4-5-12(18-11)13(15)16/h4-5,10H,2-3,6-9H2,1H3,(H,15,16). The van der Waals surface area contributed by atoms with Crippen LogP contribution in [0, 0.1) is 5.92 Å². The van der Waals surface area contributed by atoms with Crippen LogP contribution < -0.4 is 0 Å². The quantitative estimate of drug-likeness (QED) is 0.867. The zero-order chi connectivity index (χ0) is 13.0. The first-order valence-corrected chi connectivity index (χ1v) is 6.22. The Hall–Kier alpha value is -1.33. The maximum Gasteiger partial charge on any atom is 0.371 e. The van der Waals surface area contributed by atoms with Crippen molar-refractivity contribution in [2.24, 2.45) is 5.92 Å². The molecule has 1 atom stereocenters. The molecule has 1 N–H and O–H groups in total. The van der Waals surface area contributed by atoms with Crippen molar-refractivity contribution >= 4 is 5.97 Å². The predicted octanol–water partition coefficient (Wildman–Crippen LogP) is 1.84. The molecule has 2 rings (SSSR count). The van der Waals surface area contributed by atoms with Crippen molar-refractivity contribution in [1.29, 1.82) is 0 Å². The third-order valence-electron chi connectivity index (χ3n) is 3.26. The number of methoxy groups -OCH3 is 1. The molecule has 1 aromatic rings. The Bertz CT molecular complexity index is 399. The number of hydrogen-bond donors (Lipinski definition) is 1. The van der Waals surface area contributed by atoms with Crippen LogP contribution in [-0.4, -0.2) is 42.8 Å². The highest BCUT2D eigenvalue weighted by molar-refractivity contribution is 5.84. The van der Waals surface area contributed by atoms with E-state index in [9.17, 15) is 4.79 Å². The third kappa shape index (κ3) is 3.34. The summed E-state index contributed by atoms with van der Waals surface area (Å²) in [6.07, 6.45) is 2.35. The van der Waals surface area contributed by atoms with Crippen LogP contribution in [-0.2, 0) is 11.3 Å². The van der Waals surface area contributed by atoms with Crippen LogP contribution in [0.3, 0.4) is 0 Å². The van der Waals surface area contributed by atoms with Gasteiger partial charge in [0.2, 0.25) is 5.76 Å². The predicted molar refractivity (Wildman–Crippen MR) is 65.5 cm³/mol. The number of ether oxygens (including phenoxy) is 1. The van der Waals surface area contributed by atoms with Gasteiger partial charge in [-0.05, 0) is 37.4 Å². The van der Waals surface area contributed by atoms with Gasteiger partial charge in [0.1, 0.15) is 5.76 Å². The number of piperidine rings is 1. The van der Waals surface area contributed by atoms with Crippen LogP contribution in [0.2, 0.25) is 0 Å². The van der Waals surface area contributed by atoms with Crippen LogP contribution >= 0.6 is 0 Å². The number of hydrogen-bond acceptors (Lipinski definition) is 4. The van der Waals surface area contributed by atoms with Crippen molar-refractivity contribution in [1.82, 2.24) is 4.90 Å². The third-order valence-corrected chi connectivity index (χ3v) is 3.26. The zero-order valence-corrected chi connectivity index (χ0v) is 10.6. The number of aromatic carboxylic acids is 1. The van der Waals surface area contributed by atoms with E-state index in [4.69, 9.17) is 14.3 Å². The summed E-state index contributed by atoms with van der Waals surface area (Å²) in [6.45, 7) is 3.47. The molecule has 0 bridgehead atoms. The molecule has 0 amide bonds. The summed E-state index contributed by atoms with van der Waals surface area (Å²) >= 11 is 0. The number of carboxylic acid groups (broad SMARTS) is 1. The lowest BCUT2D eigenvalue weighted by Gasteiger charge is -2.31. The van der Waals surface area contributed by atoms with Crippen molar-refractivity contribution in [3.05, 3.63) is 23.7 Å².